The maximum atomic E-state index is 5.53. The summed E-state index contributed by atoms with van der Waals surface area (Å²) in [5.74, 6) is 1.92. The molecule has 1 aromatic rings. The molecule has 5 heteroatoms. The number of nitrogens with zero attached hydrogens (tertiary/aromatic N) is 1. The highest BCUT2D eigenvalue weighted by Crippen LogP contribution is 2.50. The lowest BCUT2D eigenvalue weighted by atomic mass is 9.96. The van der Waals surface area contributed by atoms with E-state index >= 15 is 0 Å². The zero-order valence-electron chi connectivity index (χ0n) is 14.3. The van der Waals surface area contributed by atoms with E-state index in [0.29, 0.717) is 12.1 Å². The van der Waals surface area contributed by atoms with Gasteiger partial charge < -0.3 is 15.4 Å². The van der Waals surface area contributed by atoms with Crippen LogP contribution in [-0.4, -0.2) is 32.2 Å². The smallest absolute Gasteiger partial charge is 0.191 e. The normalized spacial score (nSPS) is 27.3. The van der Waals surface area contributed by atoms with Crippen LogP contribution >= 0.6 is 24.0 Å². The zero-order valence-corrected chi connectivity index (χ0v) is 16.6. The Hall–Kier alpha value is -0.980. The fourth-order valence-electron chi connectivity index (χ4n) is 3.59. The van der Waals surface area contributed by atoms with Crippen molar-refractivity contribution in [3.8, 4) is 5.75 Å². The number of hydrogen-bond donors (Lipinski definition) is 2. The minimum absolute atomic E-state index is 0. The van der Waals surface area contributed by atoms with Crippen LogP contribution in [0.4, 0.5) is 0 Å². The maximum absolute atomic E-state index is 5.53. The predicted molar refractivity (Wildman–Crippen MR) is 106 cm³/mol. The highest BCUT2D eigenvalue weighted by molar-refractivity contribution is 14.0. The standard InChI is InChI=1S/C18H27N3O.HI/c1-18(14-10-6-7-11-15(14)22-3)12-16(18)21-17(19-2)20-13-8-4-5-9-13;/h6-7,10-11,13,16H,4-5,8-9,12H2,1-3H3,(H2,19,20,21);1H. The fraction of sp³-hybridized carbons (Fsp3) is 0.611. The molecule has 0 aromatic heterocycles. The van der Waals surface area contributed by atoms with E-state index in [0.717, 1.165) is 18.1 Å². The van der Waals surface area contributed by atoms with Crippen molar-refractivity contribution in [2.45, 2.75) is 56.5 Å². The van der Waals surface area contributed by atoms with Gasteiger partial charge in [0, 0.05) is 30.1 Å². The van der Waals surface area contributed by atoms with Gasteiger partial charge in [-0.05, 0) is 25.3 Å². The number of ether oxygens (including phenoxy) is 1. The minimum Gasteiger partial charge on any atom is -0.496 e. The molecule has 2 fully saturated rings. The van der Waals surface area contributed by atoms with Gasteiger partial charge in [0.15, 0.2) is 5.96 Å². The van der Waals surface area contributed by atoms with E-state index in [9.17, 15) is 0 Å². The van der Waals surface area contributed by atoms with Crippen molar-refractivity contribution < 1.29 is 4.74 Å². The van der Waals surface area contributed by atoms with Crippen molar-refractivity contribution in [3.63, 3.8) is 0 Å². The summed E-state index contributed by atoms with van der Waals surface area (Å²) >= 11 is 0. The molecule has 2 atom stereocenters. The van der Waals surface area contributed by atoms with Gasteiger partial charge >= 0.3 is 0 Å². The molecule has 0 aliphatic heterocycles. The van der Waals surface area contributed by atoms with Crippen molar-refractivity contribution in [1.82, 2.24) is 10.6 Å². The molecule has 0 saturated heterocycles. The van der Waals surface area contributed by atoms with E-state index in [4.69, 9.17) is 4.74 Å². The topological polar surface area (TPSA) is 45.7 Å². The molecule has 0 spiro atoms. The molecule has 4 nitrogen and oxygen atoms in total. The molecular formula is C18H28IN3O. The Morgan fingerprint density at radius 1 is 1.22 bits per heavy atom. The summed E-state index contributed by atoms with van der Waals surface area (Å²) in [7, 11) is 3.60. The van der Waals surface area contributed by atoms with Gasteiger partial charge in [-0.1, -0.05) is 38.0 Å². The monoisotopic (exact) mass is 429 g/mol. The number of benzene rings is 1. The number of aliphatic imine (C=N–C) groups is 1. The second kappa shape index (κ2) is 7.73. The molecule has 1 aromatic carbocycles. The Kier molecular flexibility index (Phi) is 6.17. The van der Waals surface area contributed by atoms with Crippen LogP contribution in [0.5, 0.6) is 5.75 Å². The first-order valence-electron chi connectivity index (χ1n) is 8.30. The van der Waals surface area contributed by atoms with Crippen molar-refractivity contribution in [2.24, 2.45) is 4.99 Å². The van der Waals surface area contributed by atoms with Crippen molar-refractivity contribution in [1.29, 1.82) is 0 Å². The average Bonchev–Trinajstić information content (AvgIpc) is 2.96. The summed E-state index contributed by atoms with van der Waals surface area (Å²) in [5, 5.41) is 7.15. The molecule has 2 aliphatic rings. The summed E-state index contributed by atoms with van der Waals surface area (Å²) in [6.45, 7) is 2.30. The number of rotatable bonds is 4. The third-order valence-corrected chi connectivity index (χ3v) is 5.19. The van der Waals surface area contributed by atoms with Crippen molar-refractivity contribution >= 4 is 29.9 Å². The van der Waals surface area contributed by atoms with Crippen LogP contribution in [0.1, 0.15) is 44.6 Å². The molecular weight excluding hydrogens is 401 g/mol. The summed E-state index contributed by atoms with van der Waals surface area (Å²) in [6, 6.07) is 9.33. The molecule has 0 bridgehead atoms. The highest BCUT2D eigenvalue weighted by atomic mass is 127. The van der Waals surface area contributed by atoms with E-state index in [1.54, 1.807) is 7.11 Å². The quantitative estimate of drug-likeness (QED) is 0.438. The van der Waals surface area contributed by atoms with Crippen LogP contribution < -0.4 is 15.4 Å². The Labute approximate surface area is 156 Å². The fourth-order valence-corrected chi connectivity index (χ4v) is 3.59. The van der Waals surface area contributed by atoms with Crippen LogP contribution in [0.25, 0.3) is 0 Å². The zero-order chi connectivity index (χ0) is 15.6. The molecule has 2 aliphatic carbocycles. The predicted octanol–water partition coefficient (Wildman–Crippen LogP) is 3.45. The molecule has 2 N–H and O–H groups in total. The molecule has 23 heavy (non-hydrogen) atoms. The number of guanidine groups is 1. The van der Waals surface area contributed by atoms with Gasteiger partial charge in [-0.2, -0.15) is 0 Å². The van der Waals surface area contributed by atoms with Crippen LogP contribution in [0.15, 0.2) is 29.3 Å². The van der Waals surface area contributed by atoms with Crippen LogP contribution in [0.3, 0.4) is 0 Å². The maximum Gasteiger partial charge on any atom is 0.191 e. The van der Waals surface area contributed by atoms with Gasteiger partial charge in [0.05, 0.1) is 7.11 Å². The first-order chi connectivity index (χ1) is 10.7. The van der Waals surface area contributed by atoms with E-state index in [1.165, 1.54) is 31.2 Å². The molecule has 3 rings (SSSR count). The van der Waals surface area contributed by atoms with Gasteiger partial charge in [0.1, 0.15) is 5.75 Å². The summed E-state index contributed by atoms with van der Waals surface area (Å²) in [4.78, 5) is 4.40. The number of nitrogens with one attached hydrogen (secondary N) is 2. The van der Waals surface area contributed by atoms with E-state index < -0.39 is 0 Å². The van der Waals surface area contributed by atoms with E-state index in [1.807, 2.05) is 19.2 Å². The lowest BCUT2D eigenvalue weighted by Crippen LogP contribution is -2.44. The van der Waals surface area contributed by atoms with Crippen LogP contribution in [-0.2, 0) is 5.41 Å². The first-order valence-corrected chi connectivity index (χ1v) is 8.30. The Bertz CT molecular complexity index is 557. The van der Waals surface area contributed by atoms with Crippen LogP contribution in [0, 0.1) is 0 Å². The Morgan fingerprint density at radius 2 is 1.91 bits per heavy atom. The second-order valence-electron chi connectivity index (χ2n) is 6.72. The molecule has 0 heterocycles. The summed E-state index contributed by atoms with van der Waals surface area (Å²) in [6.07, 6.45) is 6.29. The van der Waals surface area contributed by atoms with Gasteiger partial charge in [-0.25, -0.2) is 0 Å². The van der Waals surface area contributed by atoms with Crippen molar-refractivity contribution in [3.05, 3.63) is 29.8 Å². The van der Waals surface area contributed by atoms with Crippen molar-refractivity contribution in [2.75, 3.05) is 14.2 Å². The van der Waals surface area contributed by atoms with Gasteiger partial charge in [-0.15, -0.1) is 24.0 Å². The van der Waals surface area contributed by atoms with Crippen LogP contribution in [0.2, 0.25) is 0 Å². The molecule has 0 amide bonds. The molecule has 2 unspecified atom stereocenters. The third-order valence-electron chi connectivity index (χ3n) is 5.19. The van der Waals surface area contributed by atoms with E-state index in [-0.39, 0.29) is 29.4 Å². The average molecular weight is 429 g/mol. The van der Waals surface area contributed by atoms with Gasteiger partial charge in [0.2, 0.25) is 0 Å². The molecule has 128 valence electrons. The summed E-state index contributed by atoms with van der Waals surface area (Å²) in [5.41, 5.74) is 1.41. The molecule has 2 saturated carbocycles. The highest BCUT2D eigenvalue weighted by Gasteiger charge is 2.53. The number of methoxy groups -OCH3 is 1. The second-order valence-corrected chi connectivity index (χ2v) is 6.72. The van der Waals surface area contributed by atoms with Gasteiger partial charge in [0.25, 0.3) is 0 Å². The number of para-hydroxylation sites is 1. The first kappa shape index (κ1) is 18.4. The Morgan fingerprint density at radius 3 is 2.57 bits per heavy atom. The molecule has 0 radical (unpaired) electrons. The van der Waals surface area contributed by atoms with Gasteiger partial charge in [-0.3, -0.25) is 4.99 Å². The lowest BCUT2D eigenvalue weighted by Gasteiger charge is -2.20. The number of hydrogen-bond acceptors (Lipinski definition) is 2. The number of halogens is 1. The van der Waals surface area contributed by atoms with E-state index in [2.05, 4.69) is 34.7 Å². The third kappa shape index (κ3) is 3.92. The largest absolute Gasteiger partial charge is 0.496 e. The lowest BCUT2D eigenvalue weighted by molar-refractivity contribution is 0.404. The minimum atomic E-state index is 0. The Balaban J connectivity index is 0.00000192. The SMILES string of the molecule is CN=C(NC1CCCC1)NC1CC1(C)c1ccccc1OC.I. The summed E-state index contributed by atoms with van der Waals surface area (Å²) < 4.78 is 5.53.